The number of nitrogens with zero attached hydrogens (tertiary/aromatic N) is 2. The lowest BCUT2D eigenvalue weighted by Gasteiger charge is -2.41. The molecule has 7 nitrogen and oxygen atoms in total. The third kappa shape index (κ3) is 6.71. The van der Waals surface area contributed by atoms with Crippen molar-refractivity contribution < 1.29 is 32.2 Å². The van der Waals surface area contributed by atoms with E-state index in [1.807, 2.05) is 25.1 Å². The van der Waals surface area contributed by atoms with E-state index in [0.717, 1.165) is 42.6 Å². The van der Waals surface area contributed by atoms with Gasteiger partial charge in [0.1, 0.15) is 5.82 Å². The van der Waals surface area contributed by atoms with Crippen molar-refractivity contribution in [3.05, 3.63) is 68.8 Å². The molecule has 0 saturated carbocycles. The standard InChI is InChI=1S/C23H27ClFN3O2.C2HF3O2/c1-15(19-12-17(24)13-20-21(19)28(3)22(29)26-20)30-14-23(8-10-27(2)11-9-23)16-4-6-18(25)7-5-16;3-2(4,5)1(6)7/h4-7,12-13,15H,8-11,14H2,1-3H3,(H,26,29);(H,6,7). The second kappa shape index (κ2) is 11.2. The Hall–Kier alpha value is -2.89. The van der Waals surface area contributed by atoms with Gasteiger partial charge in [0.05, 0.1) is 23.7 Å². The number of fused-ring (bicyclic) bond motifs is 1. The number of hydrogen-bond acceptors (Lipinski definition) is 4. The number of aromatic amines is 1. The molecule has 202 valence electrons. The summed E-state index contributed by atoms with van der Waals surface area (Å²) in [7, 11) is 3.86. The average Bonchev–Trinajstić information content (AvgIpc) is 3.11. The van der Waals surface area contributed by atoms with Crippen LogP contribution < -0.4 is 5.69 Å². The smallest absolute Gasteiger partial charge is 0.475 e. The summed E-state index contributed by atoms with van der Waals surface area (Å²) >= 11 is 6.30. The summed E-state index contributed by atoms with van der Waals surface area (Å²) in [5.74, 6) is -2.99. The Kier molecular flexibility index (Phi) is 8.71. The van der Waals surface area contributed by atoms with Crippen LogP contribution >= 0.6 is 11.6 Å². The molecule has 1 fully saturated rings. The number of aromatic nitrogens is 2. The summed E-state index contributed by atoms with van der Waals surface area (Å²) in [6.45, 7) is 4.42. The molecule has 2 N–H and O–H groups in total. The molecule has 2 aromatic carbocycles. The summed E-state index contributed by atoms with van der Waals surface area (Å²) in [6, 6.07) is 10.4. The predicted molar refractivity (Wildman–Crippen MR) is 131 cm³/mol. The highest BCUT2D eigenvalue weighted by atomic mass is 35.5. The molecule has 0 amide bonds. The maximum Gasteiger partial charge on any atom is 0.490 e. The van der Waals surface area contributed by atoms with Crippen LogP contribution in [0.3, 0.4) is 0 Å². The number of nitrogens with one attached hydrogen (secondary N) is 1. The van der Waals surface area contributed by atoms with Crippen LogP contribution in [0.2, 0.25) is 5.02 Å². The van der Waals surface area contributed by atoms with Crippen LogP contribution in [-0.4, -0.2) is 58.4 Å². The van der Waals surface area contributed by atoms with Gasteiger partial charge < -0.3 is 19.7 Å². The molecule has 1 aliphatic rings. The average molecular weight is 546 g/mol. The van der Waals surface area contributed by atoms with Crippen molar-refractivity contribution in [2.24, 2.45) is 7.05 Å². The molecule has 0 aliphatic carbocycles. The van der Waals surface area contributed by atoms with E-state index in [1.54, 1.807) is 17.7 Å². The fourth-order valence-corrected chi connectivity index (χ4v) is 4.67. The monoisotopic (exact) mass is 545 g/mol. The van der Waals surface area contributed by atoms with Gasteiger partial charge in [-0.25, -0.2) is 14.0 Å². The lowest BCUT2D eigenvalue weighted by molar-refractivity contribution is -0.192. The van der Waals surface area contributed by atoms with Gasteiger partial charge >= 0.3 is 17.8 Å². The van der Waals surface area contributed by atoms with Crippen molar-refractivity contribution in [1.82, 2.24) is 14.5 Å². The highest BCUT2D eigenvalue weighted by Crippen LogP contribution is 2.38. The van der Waals surface area contributed by atoms with Crippen LogP contribution in [0.1, 0.15) is 37.0 Å². The summed E-state index contributed by atoms with van der Waals surface area (Å²) in [6.07, 6.45) is -3.46. The summed E-state index contributed by atoms with van der Waals surface area (Å²) < 4.78 is 53.3. The van der Waals surface area contributed by atoms with Crippen LogP contribution in [0.15, 0.2) is 41.2 Å². The van der Waals surface area contributed by atoms with Crippen molar-refractivity contribution in [1.29, 1.82) is 0 Å². The molecule has 3 aromatic rings. The van der Waals surface area contributed by atoms with Gasteiger partial charge in [-0.15, -0.1) is 0 Å². The lowest BCUT2D eigenvalue weighted by atomic mass is 9.73. The van der Waals surface area contributed by atoms with E-state index in [1.165, 1.54) is 12.1 Å². The maximum absolute atomic E-state index is 13.5. The predicted octanol–water partition coefficient (Wildman–Crippen LogP) is 5.03. The molecule has 2 heterocycles. The van der Waals surface area contributed by atoms with Gasteiger partial charge in [0, 0.05) is 23.0 Å². The molecule has 1 aromatic heterocycles. The zero-order valence-corrected chi connectivity index (χ0v) is 21.3. The Bertz CT molecular complexity index is 1300. The van der Waals surface area contributed by atoms with Crippen LogP contribution in [0.25, 0.3) is 11.0 Å². The minimum absolute atomic E-state index is 0.170. The van der Waals surface area contributed by atoms with Gasteiger partial charge in [-0.1, -0.05) is 23.7 Å². The molecule has 4 rings (SSSR count). The zero-order valence-electron chi connectivity index (χ0n) is 20.5. The molecule has 1 atom stereocenters. The van der Waals surface area contributed by atoms with E-state index in [-0.39, 0.29) is 23.0 Å². The number of imidazole rings is 1. The molecule has 37 heavy (non-hydrogen) atoms. The first-order valence-electron chi connectivity index (χ1n) is 11.5. The van der Waals surface area contributed by atoms with E-state index >= 15 is 0 Å². The van der Waals surface area contributed by atoms with Gasteiger partial charge in [0.15, 0.2) is 0 Å². The molecule has 1 aliphatic heterocycles. The van der Waals surface area contributed by atoms with Gasteiger partial charge in [0.25, 0.3) is 0 Å². The van der Waals surface area contributed by atoms with Crippen molar-refractivity contribution >= 4 is 28.6 Å². The normalized spacial score (nSPS) is 16.8. The number of H-pyrrole nitrogens is 1. The van der Waals surface area contributed by atoms with E-state index in [0.29, 0.717) is 17.1 Å². The number of aryl methyl sites for hydroxylation is 1. The largest absolute Gasteiger partial charge is 0.490 e. The third-order valence-corrected chi connectivity index (χ3v) is 6.89. The molecule has 1 unspecified atom stereocenters. The van der Waals surface area contributed by atoms with Gasteiger partial charge in [-0.2, -0.15) is 13.2 Å². The number of rotatable bonds is 5. The minimum Gasteiger partial charge on any atom is -0.475 e. The fourth-order valence-electron chi connectivity index (χ4n) is 4.44. The number of benzene rings is 2. The van der Waals surface area contributed by atoms with Gasteiger partial charge in [-0.05, 0) is 69.7 Å². The number of carboxylic acids is 1. The van der Waals surface area contributed by atoms with E-state index in [9.17, 15) is 22.4 Å². The number of carbonyl (C=O) groups is 1. The minimum atomic E-state index is -5.08. The Labute approximate surface area is 215 Å². The summed E-state index contributed by atoms with van der Waals surface area (Å²) in [4.78, 5) is 26.2. The van der Waals surface area contributed by atoms with Crippen LogP contribution in [0, 0.1) is 5.82 Å². The molecule has 0 radical (unpaired) electrons. The Morgan fingerprint density at radius 3 is 2.30 bits per heavy atom. The molecule has 0 bridgehead atoms. The zero-order chi connectivity index (χ0) is 27.5. The fraction of sp³-hybridized carbons (Fsp3) is 0.440. The number of aliphatic carboxylic acids is 1. The highest BCUT2D eigenvalue weighted by Gasteiger charge is 2.38. The van der Waals surface area contributed by atoms with Crippen LogP contribution in [0.4, 0.5) is 17.6 Å². The highest BCUT2D eigenvalue weighted by molar-refractivity contribution is 6.31. The molecular weight excluding hydrogens is 518 g/mol. The number of ether oxygens (including phenoxy) is 1. The van der Waals surface area contributed by atoms with Crippen molar-refractivity contribution in [3.63, 3.8) is 0 Å². The number of piperidine rings is 1. The van der Waals surface area contributed by atoms with E-state index < -0.39 is 12.1 Å². The van der Waals surface area contributed by atoms with Gasteiger partial charge in [0.2, 0.25) is 0 Å². The number of alkyl halides is 3. The number of likely N-dealkylation sites (tertiary alicyclic amines) is 1. The third-order valence-electron chi connectivity index (χ3n) is 6.68. The SMILES string of the molecule is CC(OCC1(c2ccc(F)cc2)CCN(C)CC1)c1cc(Cl)cc2[nH]c(=O)n(C)c12.O=C(O)C(F)(F)F. The number of carboxylic acid groups (broad SMARTS) is 1. The Balaban J connectivity index is 0.000000479. The molecule has 12 heteroatoms. The van der Waals surface area contributed by atoms with Crippen molar-refractivity contribution in [2.75, 3.05) is 26.7 Å². The molecule has 0 spiro atoms. The van der Waals surface area contributed by atoms with Gasteiger partial charge in [-0.3, -0.25) is 4.57 Å². The first-order valence-corrected chi connectivity index (χ1v) is 11.9. The van der Waals surface area contributed by atoms with E-state index in [2.05, 4.69) is 16.9 Å². The quantitative estimate of drug-likeness (QED) is 0.439. The summed E-state index contributed by atoms with van der Waals surface area (Å²) in [5.41, 5.74) is 3.13. The topological polar surface area (TPSA) is 87.6 Å². The second-order valence-electron chi connectivity index (χ2n) is 9.23. The Morgan fingerprint density at radius 1 is 1.19 bits per heavy atom. The van der Waals surface area contributed by atoms with E-state index in [4.69, 9.17) is 26.2 Å². The van der Waals surface area contributed by atoms with Crippen molar-refractivity contribution in [2.45, 2.75) is 37.5 Å². The van der Waals surface area contributed by atoms with Crippen LogP contribution in [0.5, 0.6) is 0 Å². The maximum atomic E-state index is 13.5. The lowest BCUT2D eigenvalue weighted by Crippen LogP contribution is -2.44. The Morgan fingerprint density at radius 2 is 1.76 bits per heavy atom. The molecule has 1 saturated heterocycles. The van der Waals surface area contributed by atoms with Crippen LogP contribution in [-0.2, 0) is 22.0 Å². The first kappa shape index (κ1) is 28.7. The second-order valence-corrected chi connectivity index (χ2v) is 9.66. The first-order chi connectivity index (χ1) is 17.2. The van der Waals surface area contributed by atoms with Crippen molar-refractivity contribution in [3.8, 4) is 0 Å². The number of hydrogen-bond donors (Lipinski definition) is 2. The summed E-state index contributed by atoms with van der Waals surface area (Å²) in [5, 5.41) is 7.68. The molecular formula is C25H28ClF4N3O4. The number of halogens is 5.